The van der Waals surface area contributed by atoms with E-state index in [1.54, 1.807) is 12.1 Å². The van der Waals surface area contributed by atoms with Crippen LogP contribution in [0, 0.1) is 48.2 Å². The van der Waals surface area contributed by atoms with Crippen LogP contribution in [0.1, 0.15) is 99.3 Å². The number of hydrogen-bond acceptors (Lipinski definition) is 0. The van der Waals surface area contributed by atoms with Crippen molar-refractivity contribution in [3.05, 3.63) is 70.3 Å². The largest absolute Gasteiger partial charge is 0.206 e. The summed E-state index contributed by atoms with van der Waals surface area (Å²) in [5.41, 5.74) is 2.61. The van der Waals surface area contributed by atoms with E-state index in [1.807, 2.05) is 31.2 Å². The van der Waals surface area contributed by atoms with Crippen LogP contribution in [0.2, 0.25) is 0 Å². The molecule has 2 aromatic rings. The first-order valence-corrected chi connectivity index (χ1v) is 12.6. The summed E-state index contributed by atoms with van der Waals surface area (Å²) in [6, 6.07) is 10.8. The zero-order valence-electron chi connectivity index (χ0n) is 19.6. The summed E-state index contributed by atoms with van der Waals surface area (Å²) in [4.78, 5) is 0. The first-order valence-electron chi connectivity index (χ1n) is 12.6. The van der Waals surface area contributed by atoms with Crippen molar-refractivity contribution >= 4 is 0 Å². The first-order chi connectivity index (χ1) is 15.5. The van der Waals surface area contributed by atoms with E-state index in [0.29, 0.717) is 0 Å². The lowest BCUT2D eigenvalue weighted by molar-refractivity contribution is 0.113. The van der Waals surface area contributed by atoms with Gasteiger partial charge in [0.2, 0.25) is 0 Å². The van der Waals surface area contributed by atoms with Crippen LogP contribution in [0.3, 0.4) is 0 Å². The summed E-state index contributed by atoms with van der Waals surface area (Å²) in [6.45, 7) is 4.27. The van der Waals surface area contributed by atoms with E-state index in [-0.39, 0.29) is 11.5 Å². The monoisotopic (exact) mass is 434 g/mol. The normalized spacial score (nSPS) is 25.0. The lowest BCUT2D eigenvalue weighted by Crippen LogP contribution is -2.30. The molecule has 0 radical (unpaired) electrons. The summed E-state index contributed by atoms with van der Waals surface area (Å²) < 4.78 is 29.6. The van der Waals surface area contributed by atoms with E-state index >= 15 is 0 Å². The van der Waals surface area contributed by atoms with Gasteiger partial charge in [0.1, 0.15) is 11.6 Å². The fraction of sp³-hybridized carbons (Fsp3) is 0.533. The van der Waals surface area contributed by atoms with Crippen LogP contribution in [0.25, 0.3) is 0 Å². The van der Waals surface area contributed by atoms with Gasteiger partial charge >= 0.3 is 0 Å². The molecule has 0 amide bonds. The first kappa shape index (κ1) is 23.0. The number of aryl methyl sites for hydroxylation is 1. The minimum Gasteiger partial charge on any atom is -0.206 e. The summed E-state index contributed by atoms with van der Waals surface area (Å²) in [5.74, 6) is 7.29. The van der Waals surface area contributed by atoms with Gasteiger partial charge in [-0.3, -0.25) is 0 Å². The average Bonchev–Trinajstić information content (AvgIpc) is 2.79. The van der Waals surface area contributed by atoms with Gasteiger partial charge in [-0.25, -0.2) is 8.78 Å². The molecule has 4 rings (SSSR count). The van der Waals surface area contributed by atoms with Crippen molar-refractivity contribution in [1.82, 2.24) is 0 Å². The fourth-order valence-electron chi connectivity index (χ4n) is 5.95. The third-order valence-corrected chi connectivity index (χ3v) is 7.86. The molecule has 2 aliphatic rings. The summed E-state index contributed by atoms with van der Waals surface area (Å²) >= 11 is 0. The van der Waals surface area contributed by atoms with Crippen LogP contribution < -0.4 is 0 Å². The maximum absolute atomic E-state index is 14.8. The van der Waals surface area contributed by atoms with Gasteiger partial charge in [-0.2, -0.15) is 0 Å². The highest BCUT2D eigenvalue weighted by molar-refractivity contribution is 5.46. The Morgan fingerprint density at radius 3 is 2.25 bits per heavy atom. The van der Waals surface area contributed by atoms with Crippen LogP contribution in [0.4, 0.5) is 8.78 Å². The van der Waals surface area contributed by atoms with Crippen LogP contribution in [0.5, 0.6) is 0 Å². The van der Waals surface area contributed by atoms with Crippen molar-refractivity contribution in [2.45, 2.75) is 84.0 Å². The summed E-state index contributed by atoms with van der Waals surface area (Å²) in [7, 11) is 0. The van der Waals surface area contributed by atoms with Crippen molar-refractivity contribution in [3.63, 3.8) is 0 Å². The van der Waals surface area contributed by atoms with Crippen molar-refractivity contribution < 1.29 is 8.78 Å². The van der Waals surface area contributed by atoms with Crippen molar-refractivity contribution in [2.75, 3.05) is 0 Å². The molecule has 0 nitrogen and oxygen atoms in total. The molecule has 32 heavy (non-hydrogen) atoms. The Labute approximate surface area is 192 Å². The van der Waals surface area contributed by atoms with Crippen molar-refractivity contribution in [2.24, 2.45) is 17.8 Å². The highest BCUT2D eigenvalue weighted by Gasteiger charge is 2.36. The molecule has 2 aromatic carbocycles. The third kappa shape index (κ3) is 5.61. The predicted octanol–water partition coefficient (Wildman–Crippen LogP) is 8.55. The van der Waals surface area contributed by atoms with Crippen LogP contribution >= 0.6 is 0 Å². The zero-order valence-corrected chi connectivity index (χ0v) is 19.6. The summed E-state index contributed by atoms with van der Waals surface area (Å²) in [5, 5.41) is 0. The molecule has 2 aliphatic carbocycles. The standard InChI is InChI=1S/C30H36F2/c1-3-4-5-6-23-11-13-25-18-26(15-14-24(25)17-23)27-19-29(31)28(30(32)20-27)16-12-22-9-7-21(2)8-10-22/h7-10,19-20,23-26H,3-6,11,13-15,17-18H2,1-2H3. The zero-order chi connectivity index (χ0) is 22.5. The molecule has 0 N–H and O–H groups in total. The van der Waals surface area contributed by atoms with Gasteiger partial charge in [-0.1, -0.05) is 68.6 Å². The predicted molar refractivity (Wildman–Crippen MR) is 129 cm³/mol. The number of unbranched alkanes of at least 4 members (excludes halogenated alkanes) is 2. The van der Waals surface area contributed by atoms with Gasteiger partial charge in [0, 0.05) is 5.56 Å². The molecule has 2 fully saturated rings. The van der Waals surface area contributed by atoms with E-state index in [1.165, 1.54) is 51.4 Å². The lowest BCUT2D eigenvalue weighted by Gasteiger charge is -2.42. The lowest BCUT2D eigenvalue weighted by atomic mass is 9.63. The number of rotatable bonds is 5. The van der Waals surface area contributed by atoms with Gasteiger partial charge in [0.15, 0.2) is 0 Å². The molecule has 170 valence electrons. The maximum Gasteiger partial charge on any atom is 0.142 e. The molecular formula is C30H36F2. The van der Waals surface area contributed by atoms with Gasteiger partial charge in [-0.05, 0) is 92.5 Å². The van der Waals surface area contributed by atoms with Crippen molar-refractivity contribution in [1.29, 1.82) is 0 Å². The smallest absolute Gasteiger partial charge is 0.142 e. The topological polar surface area (TPSA) is 0 Å². The third-order valence-electron chi connectivity index (χ3n) is 7.86. The fourth-order valence-corrected chi connectivity index (χ4v) is 5.95. The molecule has 2 saturated carbocycles. The van der Waals surface area contributed by atoms with Gasteiger partial charge in [0.05, 0.1) is 5.56 Å². The molecule has 0 bridgehead atoms. The highest BCUT2D eigenvalue weighted by atomic mass is 19.1. The van der Waals surface area contributed by atoms with Crippen LogP contribution in [-0.2, 0) is 0 Å². The van der Waals surface area contributed by atoms with E-state index in [0.717, 1.165) is 47.3 Å². The van der Waals surface area contributed by atoms with Gasteiger partial charge in [-0.15, -0.1) is 0 Å². The Balaban J connectivity index is 1.41. The van der Waals surface area contributed by atoms with E-state index in [9.17, 15) is 8.78 Å². The van der Waals surface area contributed by atoms with Gasteiger partial charge < -0.3 is 0 Å². The Morgan fingerprint density at radius 1 is 0.844 bits per heavy atom. The second kappa shape index (κ2) is 10.7. The minimum atomic E-state index is -0.527. The van der Waals surface area contributed by atoms with Crippen LogP contribution in [-0.4, -0.2) is 0 Å². The number of halogens is 2. The van der Waals surface area contributed by atoms with E-state index in [4.69, 9.17) is 0 Å². The highest BCUT2D eigenvalue weighted by Crippen LogP contribution is 2.48. The number of fused-ring (bicyclic) bond motifs is 1. The number of hydrogen-bond donors (Lipinski definition) is 0. The minimum absolute atomic E-state index is 0.115. The Morgan fingerprint density at radius 2 is 1.53 bits per heavy atom. The Bertz CT molecular complexity index is 940. The molecule has 0 saturated heterocycles. The van der Waals surface area contributed by atoms with E-state index in [2.05, 4.69) is 18.8 Å². The summed E-state index contributed by atoms with van der Waals surface area (Å²) in [6.07, 6.45) is 12.8. The van der Waals surface area contributed by atoms with Gasteiger partial charge in [0.25, 0.3) is 0 Å². The SMILES string of the molecule is CCCCCC1CCC2CC(c3cc(F)c(C#Cc4ccc(C)cc4)c(F)c3)CCC2C1. The molecule has 4 atom stereocenters. The molecule has 0 spiro atoms. The Kier molecular flexibility index (Phi) is 7.67. The quantitative estimate of drug-likeness (QED) is 0.327. The molecule has 2 heteroatoms. The molecular weight excluding hydrogens is 398 g/mol. The molecule has 0 heterocycles. The van der Waals surface area contributed by atoms with Crippen LogP contribution in [0.15, 0.2) is 36.4 Å². The second-order valence-electron chi connectivity index (χ2n) is 10.2. The Hall–Kier alpha value is -2.14. The van der Waals surface area contributed by atoms with Crippen molar-refractivity contribution in [3.8, 4) is 11.8 Å². The molecule has 4 unspecified atom stereocenters. The maximum atomic E-state index is 14.8. The number of benzene rings is 2. The molecule has 0 aromatic heterocycles. The average molecular weight is 435 g/mol. The van der Waals surface area contributed by atoms with E-state index < -0.39 is 11.6 Å². The molecule has 0 aliphatic heterocycles. The second-order valence-corrected chi connectivity index (χ2v) is 10.2.